The van der Waals surface area contributed by atoms with Crippen LogP contribution >= 0.6 is 0 Å². The smallest absolute Gasteiger partial charge is 0.115 e. The second kappa shape index (κ2) is 4.91. The Kier molecular flexibility index (Phi) is 3.33. The van der Waals surface area contributed by atoms with Crippen LogP contribution in [0.4, 0.5) is 5.69 Å². The molecule has 0 radical (unpaired) electrons. The lowest BCUT2D eigenvalue weighted by molar-refractivity contribution is 0.475. The molecule has 2 heteroatoms. The monoisotopic (exact) mass is 227 g/mol. The van der Waals surface area contributed by atoms with Crippen LogP contribution in [-0.4, -0.2) is 5.11 Å². The van der Waals surface area contributed by atoms with E-state index in [1.807, 2.05) is 12.1 Å². The van der Waals surface area contributed by atoms with Crippen molar-refractivity contribution >= 4 is 5.69 Å². The molecule has 88 valence electrons. The quantitative estimate of drug-likeness (QED) is 0.839. The predicted molar refractivity (Wildman–Crippen MR) is 71.3 cm³/mol. The van der Waals surface area contributed by atoms with Crippen LogP contribution in [0.3, 0.4) is 0 Å². The highest BCUT2D eigenvalue weighted by atomic mass is 16.3. The minimum atomic E-state index is 0.306. The molecule has 0 amide bonds. The Bertz CT molecular complexity index is 483. The van der Waals surface area contributed by atoms with E-state index < -0.39 is 0 Å². The fourth-order valence-electron chi connectivity index (χ4n) is 1.89. The third-order valence-corrected chi connectivity index (χ3v) is 2.65. The van der Waals surface area contributed by atoms with Crippen LogP contribution in [0.25, 0.3) is 0 Å². The standard InChI is InChI=1S/C15H17NO/c1-11-7-12(2)9-14(8-11)16-10-13-3-5-15(17)6-4-13/h3-9,16-17H,10H2,1-2H3. The number of phenols is 1. The molecule has 0 saturated heterocycles. The molecule has 0 aliphatic heterocycles. The first-order valence-electron chi connectivity index (χ1n) is 5.73. The molecule has 2 aromatic rings. The van der Waals surface area contributed by atoms with Crippen molar-refractivity contribution < 1.29 is 5.11 Å². The predicted octanol–water partition coefficient (Wildman–Crippen LogP) is 3.62. The lowest BCUT2D eigenvalue weighted by atomic mass is 10.1. The molecule has 0 atom stereocenters. The van der Waals surface area contributed by atoms with Gasteiger partial charge in [0, 0.05) is 12.2 Å². The third kappa shape index (κ3) is 3.25. The van der Waals surface area contributed by atoms with E-state index in [4.69, 9.17) is 0 Å². The molecule has 0 aliphatic rings. The highest BCUT2D eigenvalue weighted by molar-refractivity contribution is 5.48. The zero-order valence-corrected chi connectivity index (χ0v) is 10.2. The van der Waals surface area contributed by atoms with E-state index in [0.717, 1.165) is 17.8 Å². The molecule has 0 fully saturated rings. The molecule has 0 spiro atoms. The maximum atomic E-state index is 9.19. The van der Waals surface area contributed by atoms with Gasteiger partial charge in [-0.15, -0.1) is 0 Å². The molecule has 2 N–H and O–H groups in total. The Morgan fingerprint density at radius 3 is 2.12 bits per heavy atom. The summed E-state index contributed by atoms with van der Waals surface area (Å²) < 4.78 is 0. The van der Waals surface area contributed by atoms with E-state index in [-0.39, 0.29) is 0 Å². The van der Waals surface area contributed by atoms with Gasteiger partial charge in [0.15, 0.2) is 0 Å². The van der Waals surface area contributed by atoms with Crippen LogP contribution < -0.4 is 5.32 Å². The van der Waals surface area contributed by atoms with E-state index in [9.17, 15) is 5.11 Å². The third-order valence-electron chi connectivity index (χ3n) is 2.65. The number of anilines is 1. The second-order valence-electron chi connectivity index (χ2n) is 4.40. The molecule has 2 rings (SSSR count). The first-order chi connectivity index (χ1) is 8.13. The number of aryl methyl sites for hydroxylation is 2. The minimum Gasteiger partial charge on any atom is -0.508 e. The van der Waals surface area contributed by atoms with Gasteiger partial charge < -0.3 is 10.4 Å². The number of aromatic hydroxyl groups is 1. The Labute approximate surface area is 102 Å². The van der Waals surface area contributed by atoms with E-state index in [1.165, 1.54) is 11.1 Å². The topological polar surface area (TPSA) is 32.3 Å². The number of nitrogens with one attached hydrogen (secondary N) is 1. The second-order valence-corrected chi connectivity index (χ2v) is 4.40. The van der Waals surface area contributed by atoms with Crippen molar-refractivity contribution in [3.63, 3.8) is 0 Å². The largest absolute Gasteiger partial charge is 0.508 e. The summed E-state index contributed by atoms with van der Waals surface area (Å²) in [6.45, 7) is 4.96. The van der Waals surface area contributed by atoms with Crippen LogP contribution in [0, 0.1) is 13.8 Å². The first-order valence-corrected chi connectivity index (χ1v) is 5.73. The van der Waals surface area contributed by atoms with Gasteiger partial charge in [0.1, 0.15) is 5.75 Å². The van der Waals surface area contributed by atoms with Crippen LogP contribution in [0.2, 0.25) is 0 Å². The lowest BCUT2D eigenvalue weighted by Gasteiger charge is -2.08. The van der Waals surface area contributed by atoms with E-state index in [1.54, 1.807) is 12.1 Å². The van der Waals surface area contributed by atoms with Gasteiger partial charge in [0.25, 0.3) is 0 Å². The number of hydrogen-bond acceptors (Lipinski definition) is 2. The van der Waals surface area contributed by atoms with Gasteiger partial charge in [0.05, 0.1) is 0 Å². The molecule has 2 aromatic carbocycles. The van der Waals surface area contributed by atoms with Crippen molar-refractivity contribution in [3.05, 3.63) is 59.2 Å². The van der Waals surface area contributed by atoms with E-state index in [0.29, 0.717) is 5.75 Å². The Hall–Kier alpha value is -1.96. The van der Waals surface area contributed by atoms with Gasteiger partial charge >= 0.3 is 0 Å². The van der Waals surface area contributed by atoms with Gasteiger partial charge in [0.2, 0.25) is 0 Å². The molecule has 2 nitrogen and oxygen atoms in total. The van der Waals surface area contributed by atoms with Gasteiger partial charge in [-0.3, -0.25) is 0 Å². The Balaban J connectivity index is 2.04. The van der Waals surface area contributed by atoms with Crippen molar-refractivity contribution in [1.29, 1.82) is 0 Å². The maximum Gasteiger partial charge on any atom is 0.115 e. The molecule has 0 heterocycles. The molecule has 0 aliphatic carbocycles. The van der Waals surface area contributed by atoms with Crippen molar-refractivity contribution in [3.8, 4) is 5.75 Å². The SMILES string of the molecule is Cc1cc(C)cc(NCc2ccc(O)cc2)c1. The Morgan fingerprint density at radius 1 is 0.941 bits per heavy atom. The van der Waals surface area contributed by atoms with Crippen LogP contribution in [0.15, 0.2) is 42.5 Å². The van der Waals surface area contributed by atoms with Crippen molar-refractivity contribution in [1.82, 2.24) is 0 Å². The molecule has 0 saturated carbocycles. The van der Waals surface area contributed by atoms with Gasteiger partial charge in [-0.2, -0.15) is 0 Å². The highest BCUT2D eigenvalue weighted by Gasteiger charge is 1.97. The number of phenolic OH excluding ortho intramolecular Hbond substituents is 1. The molecule has 0 aromatic heterocycles. The summed E-state index contributed by atoms with van der Waals surface area (Å²) in [5.41, 5.74) is 4.81. The molecule has 0 bridgehead atoms. The summed E-state index contributed by atoms with van der Waals surface area (Å²) in [5, 5.41) is 12.6. The molecule has 0 unspecified atom stereocenters. The van der Waals surface area contributed by atoms with Gasteiger partial charge in [-0.25, -0.2) is 0 Å². The first kappa shape index (κ1) is 11.5. The van der Waals surface area contributed by atoms with Gasteiger partial charge in [-0.1, -0.05) is 18.2 Å². The van der Waals surface area contributed by atoms with Crippen LogP contribution in [0.1, 0.15) is 16.7 Å². The van der Waals surface area contributed by atoms with E-state index >= 15 is 0 Å². The van der Waals surface area contributed by atoms with Gasteiger partial charge in [-0.05, 0) is 54.8 Å². The average Bonchev–Trinajstić information content (AvgIpc) is 2.27. The summed E-state index contributed by atoms with van der Waals surface area (Å²) in [6, 6.07) is 13.7. The van der Waals surface area contributed by atoms with Crippen molar-refractivity contribution in [2.75, 3.05) is 5.32 Å². The number of hydrogen-bond donors (Lipinski definition) is 2. The van der Waals surface area contributed by atoms with Crippen LogP contribution in [-0.2, 0) is 6.54 Å². The Morgan fingerprint density at radius 2 is 1.53 bits per heavy atom. The van der Waals surface area contributed by atoms with Crippen molar-refractivity contribution in [2.24, 2.45) is 0 Å². The minimum absolute atomic E-state index is 0.306. The summed E-state index contributed by atoms with van der Waals surface area (Å²) in [6.07, 6.45) is 0. The average molecular weight is 227 g/mol. The molecule has 17 heavy (non-hydrogen) atoms. The maximum absolute atomic E-state index is 9.19. The lowest BCUT2D eigenvalue weighted by Crippen LogP contribution is -1.99. The highest BCUT2D eigenvalue weighted by Crippen LogP contribution is 2.16. The van der Waals surface area contributed by atoms with E-state index in [2.05, 4.69) is 37.4 Å². The zero-order valence-electron chi connectivity index (χ0n) is 10.2. The number of benzene rings is 2. The number of rotatable bonds is 3. The van der Waals surface area contributed by atoms with Crippen molar-refractivity contribution in [2.45, 2.75) is 20.4 Å². The fourth-order valence-corrected chi connectivity index (χ4v) is 1.89. The normalized spacial score (nSPS) is 10.2. The molecular formula is C15H17NO. The summed E-state index contributed by atoms with van der Waals surface area (Å²) >= 11 is 0. The van der Waals surface area contributed by atoms with Crippen LogP contribution in [0.5, 0.6) is 5.75 Å². The fraction of sp³-hybridized carbons (Fsp3) is 0.200. The summed E-state index contributed by atoms with van der Waals surface area (Å²) in [5.74, 6) is 0.306. The summed E-state index contributed by atoms with van der Waals surface area (Å²) in [7, 11) is 0. The summed E-state index contributed by atoms with van der Waals surface area (Å²) in [4.78, 5) is 0. The zero-order chi connectivity index (χ0) is 12.3. The molecular weight excluding hydrogens is 210 g/mol.